The molecule has 6 nitrogen and oxygen atoms in total. The van der Waals surface area contributed by atoms with E-state index in [1.807, 2.05) is 23.1 Å². The van der Waals surface area contributed by atoms with Crippen molar-refractivity contribution >= 4 is 17.4 Å². The van der Waals surface area contributed by atoms with Crippen LogP contribution in [0.2, 0.25) is 0 Å². The first-order valence-electron chi connectivity index (χ1n) is 10.8. The number of nitrogens with one attached hydrogen (secondary N) is 1. The van der Waals surface area contributed by atoms with E-state index in [0.29, 0.717) is 17.9 Å². The van der Waals surface area contributed by atoms with E-state index >= 15 is 0 Å². The number of halogens is 1. The summed E-state index contributed by atoms with van der Waals surface area (Å²) in [7, 11) is 0. The van der Waals surface area contributed by atoms with E-state index in [4.69, 9.17) is 9.97 Å². The number of rotatable bonds is 4. The lowest BCUT2D eigenvalue weighted by Crippen LogP contribution is -2.50. The molecule has 2 atom stereocenters. The largest absolute Gasteiger partial charge is 0.340 e. The van der Waals surface area contributed by atoms with Gasteiger partial charge >= 0.3 is 0 Å². The highest BCUT2D eigenvalue weighted by atomic mass is 19.1. The number of fused-ring (bicyclic) bond motifs is 1. The predicted octanol–water partition coefficient (Wildman–Crippen LogP) is 4.68. The molecule has 5 rings (SSSR count). The van der Waals surface area contributed by atoms with Crippen LogP contribution >= 0.6 is 0 Å². The van der Waals surface area contributed by atoms with Crippen LogP contribution in [0.1, 0.15) is 43.8 Å². The Hall–Kier alpha value is -3.35. The van der Waals surface area contributed by atoms with Gasteiger partial charge in [0.25, 0.3) is 0 Å². The van der Waals surface area contributed by atoms with Gasteiger partial charge in [0.1, 0.15) is 17.5 Å². The molecule has 0 bridgehead atoms. The number of hydrogen-bond acceptors (Lipinski definition) is 5. The van der Waals surface area contributed by atoms with Crippen LogP contribution in [0.4, 0.5) is 15.9 Å². The highest BCUT2D eigenvalue weighted by Gasteiger charge is 2.38. The number of carbonyl (C=O) groups is 1. The fraction of sp³-hybridized carbons (Fsp3) is 0.333. The molecular formula is C24H24FN5O. The Bertz CT molecular complexity index is 1090. The number of hydrogen-bond donors (Lipinski definition) is 1. The third kappa shape index (κ3) is 4.13. The minimum Gasteiger partial charge on any atom is -0.340 e. The van der Waals surface area contributed by atoms with Gasteiger partial charge in [0.05, 0.1) is 5.69 Å². The van der Waals surface area contributed by atoms with Crippen molar-refractivity contribution in [3.05, 3.63) is 66.5 Å². The van der Waals surface area contributed by atoms with Crippen molar-refractivity contribution < 1.29 is 9.18 Å². The fourth-order valence-corrected chi connectivity index (χ4v) is 4.70. The molecule has 2 aliphatic rings. The summed E-state index contributed by atoms with van der Waals surface area (Å²) in [5.74, 6) is 1.35. The molecule has 2 aliphatic heterocycles. The van der Waals surface area contributed by atoms with Crippen LogP contribution in [0.25, 0.3) is 11.3 Å². The van der Waals surface area contributed by atoms with Gasteiger partial charge in [-0.05, 0) is 56.0 Å². The number of aromatic nitrogens is 3. The second-order valence-corrected chi connectivity index (χ2v) is 8.17. The Morgan fingerprint density at radius 3 is 2.84 bits per heavy atom. The Balaban J connectivity index is 1.55. The molecule has 3 aromatic rings. The summed E-state index contributed by atoms with van der Waals surface area (Å²) in [6, 6.07) is 12.1. The van der Waals surface area contributed by atoms with Gasteiger partial charge in [-0.2, -0.15) is 0 Å². The van der Waals surface area contributed by atoms with Crippen molar-refractivity contribution in [3.8, 4) is 11.3 Å². The molecule has 2 aromatic heterocycles. The molecule has 31 heavy (non-hydrogen) atoms. The zero-order valence-electron chi connectivity index (χ0n) is 17.2. The fourth-order valence-electron chi connectivity index (χ4n) is 4.70. The molecule has 0 saturated carbocycles. The van der Waals surface area contributed by atoms with E-state index in [1.165, 1.54) is 12.1 Å². The summed E-state index contributed by atoms with van der Waals surface area (Å²) >= 11 is 0. The van der Waals surface area contributed by atoms with Gasteiger partial charge < -0.3 is 10.2 Å². The molecule has 0 spiro atoms. The van der Waals surface area contributed by atoms with E-state index in [9.17, 15) is 9.18 Å². The Morgan fingerprint density at radius 2 is 2.00 bits per heavy atom. The maximum atomic E-state index is 13.7. The smallest absolute Gasteiger partial charge is 0.222 e. The third-order valence-electron chi connectivity index (χ3n) is 6.12. The van der Waals surface area contributed by atoms with Gasteiger partial charge in [-0.25, -0.2) is 14.4 Å². The monoisotopic (exact) mass is 417 g/mol. The van der Waals surface area contributed by atoms with E-state index in [-0.39, 0.29) is 23.7 Å². The van der Waals surface area contributed by atoms with Crippen molar-refractivity contribution in [3.63, 3.8) is 0 Å². The van der Waals surface area contributed by atoms with Crippen LogP contribution in [-0.2, 0) is 4.79 Å². The van der Waals surface area contributed by atoms with Crippen LogP contribution in [0.15, 0.2) is 54.9 Å². The van der Waals surface area contributed by atoms with Crippen LogP contribution in [-0.4, -0.2) is 38.3 Å². The summed E-state index contributed by atoms with van der Waals surface area (Å²) in [4.78, 5) is 28.4. The van der Waals surface area contributed by atoms with Crippen molar-refractivity contribution in [2.24, 2.45) is 0 Å². The van der Waals surface area contributed by atoms with Crippen LogP contribution in [0.3, 0.4) is 0 Å². The van der Waals surface area contributed by atoms with E-state index in [2.05, 4.69) is 10.3 Å². The zero-order valence-corrected chi connectivity index (χ0v) is 17.2. The lowest BCUT2D eigenvalue weighted by molar-refractivity contribution is -0.138. The molecule has 1 aromatic carbocycles. The van der Waals surface area contributed by atoms with Crippen LogP contribution < -0.4 is 5.32 Å². The van der Waals surface area contributed by atoms with Crippen molar-refractivity contribution in [1.29, 1.82) is 0 Å². The van der Waals surface area contributed by atoms with Crippen molar-refractivity contribution in [2.45, 2.75) is 44.1 Å². The second-order valence-electron chi connectivity index (χ2n) is 8.17. The normalized spacial score (nSPS) is 20.9. The average molecular weight is 417 g/mol. The van der Waals surface area contributed by atoms with Gasteiger partial charge in [-0.3, -0.25) is 9.78 Å². The van der Waals surface area contributed by atoms with Gasteiger partial charge in [-0.1, -0.05) is 6.07 Å². The van der Waals surface area contributed by atoms with Crippen molar-refractivity contribution in [2.75, 3.05) is 11.9 Å². The molecule has 4 heterocycles. The lowest BCUT2D eigenvalue weighted by Gasteiger charge is -2.43. The highest BCUT2D eigenvalue weighted by Crippen LogP contribution is 2.38. The maximum Gasteiger partial charge on any atom is 0.222 e. The standard InChI is InChI=1S/C24H24FN5O/c25-17-6-1-7-18(13-17)27-22-14-20(16-5-3-11-26-15-16)28-24(29-22)19-8-4-12-30-21(19)9-2-10-23(30)31/h1,3,5-7,11,13-15,19,21H,2,4,8-10,12H2,(H,27,28,29). The number of amides is 1. The second kappa shape index (κ2) is 8.41. The first kappa shape index (κ1) is 19.6. The summed E-state index contributed by atoms with van der Waals surface area (Å²) in [6.45, 7) is 0.816. The Kier molecular flexibility index (Phi) is 5.32. The molecular weight excluding hydrogens is 393 g/mol. The average Bonchev–Trinajstić information content (AvgIpc) is 2.79. The SMILES string of the molecule is O=C1CCCC2C(c3nc(Nc4cccc(F)c4)cc(-c4cccnc4)n3)CCCN12. The van der Waals surface area contributed by atoms with Crippen LogP contribution in [0, 0.1) is 5.82 Å². The minimum atomic E-state index is -0.310. The molecule has 2 unspecified atom stereocenters. The summed E-state index contributed by atoms with van der Waals surface area (Å²) < 4.78 is 13.7. The number of benzene rings is 1. The molecule has 2 saturated heterocycles. The zero-order chi connectivity index (χ0) is 21.2. The summed E-state index contributed by atoms with van der Waals surface area (Å²) in [5.41, 5.74) is 2.27. The number of nitrogens with zero attached hydrogens (tertiary/aromatic N) is 4. The molecule has 1 N–H and O–H groups in total. The van der Waals surface area contributed by atoms with Gasteiger partial charge in [-0.15, -0.1) is 0 Å². The number of pyridine rings is 1. The summed E-state index contributed by atoms with van der Waals surface area (Å²) in [5, 5.41) is 3.22. The molecule has 1 amide bonds. The minimum absolute atomic E-state index is 0.0858. The third-order valence-corrected chi connectivity index (χ3v) is 6.12. The number of anilines is 2. The number of piperidine rings is 2. The van der Waals surface area contributed by atoms with Crippen LogP contribution in [0.5, 0.6) is 0 Å². The quantitative estimate of drug-likeness (QED) is 0.667. The first-order valence-corrected chi connectivity index (χ1v) is 10.8. The van der Waals surface area contributed by atoms with Gasteiger partial charge in [0, 0.05) is 54.6 Å². The van der Waals surface area contributed by atoms with E-state index in [1.54, 1.807) is 24.5 Å². The van der Waals surface area contributed by atoms with Crippen molar-refractivity contribution in [1.82, 2.24) is 19.9 Å². The molecule has 2 fully saturated rings. The molecule has 0 radical (unpaired) electrons. The van der Waals surface area contributed by atoms with E-state index < -0.39 is 0 Å². The van der Waals surface area contributed by atoms with Gasteiger partial charge in [0.2, 0.25) is 5.91 Å². The van der Waals surface area contributed by atoms with Gasteiger partial charge in [0.15, 0.2) is 0 Å². The lowest BCUT2D eigenvalue weighted by atomic mass is 9.82. The highest BCUT2D eigenvalue weighted by molar-refractivity contribution is 5.77. The topological polar surface area (TPSA) is 71.0 Å². The summed E-state index contributed by atoms with van der Waals surface area (Å²) in [6.07, 6.45) is 7.91. The Labute approximate surface area is 180 Å². The Morgan fingerprint density at radius 1 is 1.06 bits per heavy atom. The first-order chi connectivity index (χ1) is 15.2. The molecule has 0 aliphatic carbocycles. The van der Waals surface area contributed by atoms with E-state index in [0.717, 1.165) is 49.3 Å². The predicted molar refractivity (Wildman–Crippen MR) is 116 cm³/mol. The molecule has 7 heteroatoms. The number of carbonyl (C=O) groups excluding carboxylic acids is 1. The maximum absolute atomic E-state index is 13.7. The molecule has 158 valence electrons.